The first kappa shape index (κ1) is 23.4. The first-order valence-corrected chi connectivity index (χ1v) is 10.2. The fraction of sp³-hybridized carbons (Fsp3) is 0.0952. The zero-order chi connectivity index (χ0) is 23.5. The average Bonchev–Trinajstić information content (AvgIpc) is 3.16. The van der Waals surface area contributed by atoms with Gasteiger partial charge in [-0.15, -0.1) is 11.3 Å². The van der Waals surface area contributed by atoms with Gasteiger partial charge >= 0.3 is 6.18 Å². The second-order valence-electron chi connectivity index (χ2n) is 6.40. The number of halogens is 5. The molecule has 11 heteroatoms. The molecule has 0 bridgehead atoms. The molecule has 32 heavy (non-hydrogen) atoms. The molecule has 2 amide bonds. The van der Waals surface area contributed by atoms with E-state index in [4.69, 9.17) is 11.6 Å². The highest BCUT2D eigenvalue weighted by atomic mass is 35.5. The van der Waals surface area contributed by atoms with Gasteiger partial charge in [0.2, 0.25) is 11.8 Å². The number of anilines is 3. The van der Waals surface area contributed by atoms with Gasteiger partial charge in [0, 0.05) is 18.4 Å². The average molecular weight is 484 g/mol. The summed E-state index contributed by atoms with van der Waals surface area (Å²) in [5.41, 5.74) is -0.354. The van der Waals surface area contributed by atoms with Crippen molar-refractivity contribution in [3.8, 4) is 0 Å². The lowest BCUT2D eigenvalue weighted by Crippen LogP contribution is -2.23. The molecule has 0 atom stereocenters. The van der Waals surface area contributed by atoms with Crippen molar-refractivity contribution in [1.29, 1.82) is 0 Å². The first-order valence-electron chi connectivity index (χ1n) is 8.92. The van der Waals surface area contributed by atoms with Crippen molar-refractivity contribution in [3.05, 3.63) is 76.0 Å². The van der Waals surface area contributed by atoms with Crippen LogP contribution < -0.4 is 10.2 Å². The van der Waals surface area contributed by atoms with Crippen LogP contribution in [-0.4, -0.2) is 16.8 Å². The SMILES string of the molecule is CC(=O)N(c1cccc(C(F)(F)F)c1)c1nc(/C=C/C(=O)Nc2ccc(F)cc2Cl)cs1. The van der Waals surface area contributed by atoms with Gasteiger partial charge in [0.15, 0.2) is 5.13 Å². The van der Waals surface area contributed by atoms with E-state index in [2.05, 4.69) is 10.3 Å². The maximum atomic E-state index is 13.1. The minimum atomic E-state index is -4.56. The van der Waals surface area contributed by atoms with Crippen LogP contribution in [0.2, 0.25) is 5.02 Å². The highest BCUT2D eigenvalue weighted by molar-refractivity contribution is 7.14. The van der Waals surface area contributed by atoms with Crippen molar-refractivity contribution < 1.29 is 27.2 Å². The van der Waals surface area contributed by atoms with E-state index in [-0.39, 0.29) is 21.5 Å². The van der Waals surface area contributed by atoms with Crippen LogP contribution >= 0.6 is 22.9 Å². The van der Waals surface area contributed by atoms with E-state index in [1.807, 2.05) is 0 Å². The second-order valence-corrected chi connectivity index (χ2v) is 7.65. The lowest BCUT2D eigenvalue weighted by atomic mass is 10.2. The molecule has 0 radical (unpaired) electrons. The zero-order valence-corrected chi connectivity index (χ0v) is 17.9. The highest BCUT2D eigenvalue weighted by Crippen LogP contribution is 2.35. The number of nitrogens with zero attached hydrogens (tertiary/aromatic N) is 2. The number of carbonyl (C=O) groups is 2. The summed E-state index contributed by atoms with van der Waals surface area (Å²) in [6.45, 7) is 1.21. The van der Waals surface area contributed by atoms with E-state index in [1.54, 1.807) is 0 Å². The Morgan fingerprint density at radius 3 is 2.59 bits per heavy atom. The number of alkyl halides is 3. The molecular formula is C21H14ClF4N3O2S. The standard InChI is InChI=1S/C21H14ClF4N3O2S/c1-12(30)29(16-4-2-3-13(9-16)21(24,25)26)20-27-15(11-32-20)6-8-19(31)28-18-7-5-14(23)10-17(18)22/h2-11H,1H3,(H,28,31)/b8-6+. The summed E-state index contributed by atoms with van der Waals surface area (Å²) >= 11 is 6.88. The van der Waals surface area contributed by atoms with Gasteiger partial charge in [-0.25, -0.2) is 9.37 Å². The third-order valence-electron chi connectivity index (χ3n) is 4.04. The Bertz CT molecular complexity index is 1190. The van der Waals surface area contributed by atoms with Crippen molar-refractivity contribution in [2.75, 3.05) is 10.2 Å². The Morgan fingerprint density at radius 2 is 1.94 bits per heavy atom. The molecule has 0 fully saturated rings. The molecule has 0 aliphatic rings. The largest absolute Gasteiger partial charge is 0.416 e. The minimum absolute atomic E-state index is 0.0147. The van der Waals surface area contributed by atoms with E-state index >= 15 is 0 Å². The molecule has 1 aromatic heterocycles. The molecule has 1 heterocycles. The molecule has 5 nitrogen and oxygen atoms in total. The van der Waals surface area contributed by atoms with Crippen molar-refractivity contribution >= 4 is 57.3 Å². The van der Waals surface area contributed by atoms with Gasteiger partial charge in [-0.3, -0.25) is 14.5 Å². The number of nitrogens with one attached hydrogen (secondary N) is 1. The maximum Gasteiger partial charge on any atom is 0.416 e. The Hall–Kier alpha value is -3.24. The fourth-order valence-electron chi connectivity index (χ4n) is 2.63. The van der Waals surface area contributed by atoms with Crippen LogP contribution in [0.3, 0.4) is 0 Å². The van der Waals surface area contributed by atoms with Crippen LogP contribution in [0.1, 0.15) is 18.2 Å². The van der Waals surface area contributed by atoms with E-state index in [1.165, 1.54) is 36.6 Å². The van der Waals surface area contributed by atoms with Gasteiger partial charge < -0.3 is 5.32 Å². The van der Waals surface area contributed by atoms with Crippen molar-refractivity contribution in [2.24, 2.45) is 0 Å². The minimum Gasteiger partial charge on any atom is -0.321 e. The number of aromatic nitrogens is 1. The lowest BCUT2D eigenvalue weighted by molar-refractivity contribution is -0.137. The number of thiazole rings is 1. The zero-order valence-electron chi connectivity index (χ0n) is 16.3. The van der Waals surface area contributed by atoms with Crippen LogP contribution in [0.4, 0.5) is 34.1 Å². The topological polar surface area (TPSA) is 62.3 Å². The van der Waals surface area contributed by atoms with Crippen molar-refractivity contribution in [3.63, 3.8) is 0 Å². The molecular weight excluding hydrogens is 470 g/mol. The molecule has 3 rings (SSSR count). The van der Waals surface area contributed by atoms with Gasteiger partial charge in [0.1, 0.15) is 5.82 Å². The molecule has 1 N–H and O–H groups in total. The highest BCUT2D eigenvalue weighted by Gasteiger charge is 2.31. The number of hydrogen-bond donors (Lipinski definition) is 1. The third-order valence-corrected chi connectivity index (χ3v) is 5.20. The van der Waals surface area contributed by atoms with Crippen LogP contribution in [0.25, 0.3) is 6.08 Å². The van der Waals surface area contributed by atoms with E-state index < -0.39 is 29.4 Å². The molecule has 0 aliphatic carbocycles. The summed E-state index contributed by atoms with van der Waals surface area (Å²) in [7, 11) is 0. The molecule has 166 valence electrons. The number of benzene rings is 2. The third kappa shape index (κ3) is 5.71. The van der Waals surface area contributed by atoms with Gasteiger partial charge in [-0.2, -0.15) is 13.2 Å². The van der Waals surface area contributed by atoms with E-state index in [0.29, 0.717) is 5.69 Å². The smallest absolute Gasteiger partial charge is 0.321 e. The van der Waals surface area contributed by atoms with Crippen molar-refractivity contribution in [2.45, 2.75) is 13.1 Å². The number of hydrogen-bond acceptors (Lipinski definition) is 4. The normalized spacial score (nSPS) is 11.6. The summed E-state index contributed by atoms with van der Waals surface area (Å²) in [6, 6.07) is 7.84. The predicted molar refractivity (Wildman–Crippen MR) is 115 cm³/mol. The Labute approximate surface area is 189 Å². The first-order chi connectivity index (χ1) is 15.0. The molecule has 3 aromatic rings. The van der Waals surface area contributed by atoms with E-state index in [9.17, 15) is 27.2 Å². The van der Waals surface area contributed by atoms with Crippen LogP contribution in [0.5, 0.6) is 0 Å². The van der Waals surface area contributed by atoms with Gasteiger partial charge in [-0.05, 0) is 42.5 Å². The molecule has 0 spiro atoms. The number of rotatable bonds is 5. The summed E-state index contributed by atoms with van der Waals surface area (Å²) in [5, 5.41) is 4.18. The molecule has 0 aliphatic heterocycles. The Balaban J connectivity index is 1.78. The van der Waals surface area contributed by atoms with Crippen LogP contribution in [-0.2, 0) is 15.8 Å². The Morgan fingerprint density at radius 1 is 1.19 bits per heavy atom. The summed E-state index contributed by atoms with van der Waals surface area (Å²) in [4.78, 5) is 29.5. The molecule has 2 aromatic carbocycles. The second kappa shape index (κ2) is 9.49. The number of amides is 2. The summed E-state index contributed by atoms with van der Waals surface area (Å²) in [5.74, 6) is -1.64. The van der Waals surface area contributed by atoms with Crippen molar-refractivity contribution in [1.82, 2.24) is 4.98 Å². The number of carbonyl (C=O) groups excluding carboxylic acids is 2. The molecule has 0 saturated carbocycles. The van der Waals surface area contributed by atoms with Gasteiger partial charge in [0.25, 0.3) is 0 Å². The summed E-state index contributed by atoms with van der Waals surface area (Å²) < 4.78 is 52.2. The monoisotopic (exact) mass is 483 g/mol. The lowest BCUT2D eigenvalue weighted by Gasteiger charge is -2.19. The molecule has 0 saturated heterocycles. The fourth-order valence-corrected chi connectivity index (χ4v) is 3.70. The summed E-state index contributed by atoms with van der Waals surface area (Å²) in [6.07, 6.45) is -2.05. The molecule has 0 unspecified atom stereocenters. The van der Waals surface area contributed by atoms with Crippen LogP contribution in [0.15, 0.2) is 53.9 Å². The van der Waals surface area contributed by atoms with Gasteiger partial charge in [-0.1, -0.05) is 17.7 Å². The van der Waals surface area contributed by atoms with E-state index in [0.717, 1.165) is 46.6 Å². The Kier molecular flexibility index (Phi) is 6.95. The predicted octanol–water partition coefficient (Wildman–Crippen LogP) is 6.29. The quantitative estimate of drug-likeness (QED) is 0.342. The van der Waals surface area contributed by atoms with Crippen LogP contribution in [0, 0.1) is 5.82 Å². The maximum absolute atomic E-state index is 13.1. The van der Waals surface area contributed by atoms with Gasteiger partial charge in [0.05, 0.1) is 27.7 Å².